The first-order chi connectivity index (χ1) is 8.48. The van der Waals surface area contributed by atoms with E-state index in [1.54, 1.807) is 0 Å². The standard InChI is InChI=1S/C15H25N3/c1-5-14-16-10-12-8-11(6-7-13(12)18-14)9-17-15(2,3)4/h10-11,17H,5-9H2,1-4H3. The number of hydrogen-bond acceptors (Lipinski definition) is 3. The van der Waals surface area contributed by atoms with Gasteiger partial charge in [0.1, 0.15) is 5.82 Å². The van der Waals surface area contributed by atoms with Crippen molar-refractivity contribution < 1.29 is 0 Å². The van der Waals surface area contributed by atoms with Crippen LogP contribution in [0.2, 0.25) is 0 Å². The van der Waals surface area contributed by atoms with Crippen LogP contribution in [0.5, 0.6) is 0 Å². The fourth-order valence-corrected chi connectivity index (χ4v) is 2.42. The number of hydrogen-bond donors (Lipinski definition) is 1. The first kappa shape index (κ1) is 13.5. The van der Waals surface area contributed by atoms with Gasteiger partial charge in [-0.25, -0.2) is 9.97 Å². The highest BCUT2D eigenvalue weighted by atomic mass is 14.9. The molecule has 3 heteroatoms. The lowest BCUT2D eigenvalue weighted by molar-refractivity contribution is 0.346. The maximum atomic E-state index is 4.64. The summed E-state index contributed by atoms with van der Waals surface area (Å²) in [5.74, 6) is 1.72. The zero-order valence-corrected chi connectivity index (χ0v) is 12.1. The third-order valence-electron chi connectivity index (χ3n) is 3.54. The van der Waals surface area contributed by atoms with E-state index >= 15 is 0 Å². The molecule has 1 aliphatic carbocycles. The number of fused-ring (bicyclic) bond motifs is 1. The maximum Gasteiger partial charge on any atom is 0.128 e. The van der Waals surface area contributed by atoms with Crippen molar-refractivity contribution in [1.82, 2.24) is 15.3 Å². The molecule has 1 aromatic heterocycles. The van der Waals surface area contributed by atoms with Gasteiger partial charge in [-0.2, -0.15) is 0 Å². The minimum Gasteiger partial charge on any atom is -0.312 e. The molecule has 0 fully saturated rings. The van der Waals surface area contributed by atoms with E-state index in [1.165, 1.54) is 17.7 Å². The van der Waals surface area contributed by atoms with Crippen molar-refractivity contribution in [2.75, 3.05) is 6.54 Å². The second-order valence-electron chi connectivity index (χ2n) is 6.35. The molecule has 1 heterocycles. The number of aryl methyl sites for hydroxylation is 2. The van der Waals surface area contributed by atoms with Crippen LogP contribution in [0.4, 0.5) is 0 Å². The number of nitrogens with one attached hydrogen (secondary N) is 1. The van der Waals surface area contributed by atoms with Gasteiger partial charge in [0, 0.05) is 23.9 Å². The van der Waals surface area contributed by atoms with E-state index in [4.69, 9.17) is 0 Å². The average Bonchev–Trinajstić information content (AvgIpc) is 2.34. The molecule has 0 saturated carbocycles. The molecule has 1 aromatic rings. The normalized spacial score (nSPS) is 19.7. The van der Waals surface area contributed by atoms with E-state index < -0.39 is 0 Å². The maximum absolute atomic E-state index is 4.64. The number of aromatic nitrogens is 2. The molecule has 0 saturated heterocycles. The van der Waals surface area contributed by atoms with E-state index in [-0.39, 0.29) is 5.54 Å². The van der Waals surface area contributed by atoms with Gasteiger partial charge >= 0.3 is 0 Å². The highest BCUT2D eigenvalue weighted by Gasteiger charge is 2.21. The van der Waals surface area contributed by atoms with Crippen molar-refractivity contribution in [2.24, 2.45) is 5.92 Å². The van der Waals surface area contributed by atoms with Gasteiger partial charge in [0.05, 0.1) is 0 Å². The molecule has 1 unspecified atom stereocenters. The molecule has 0 aliphatic heterocycles. The lowest BCUT2D eigenvalue weighted by Gasteiger charge is -2.28. The van der Waals surface area contributed by atoms with Gasteiger partial charge in [-0.05, 0) is 58.1 Å². The highest BCUT2D eigenvalue weighted by Crippen LogP contribution is 2.23. The molecule has 0 spiro atoms. The van der Waals surface area contributed by atoms with Crippen molar-refractivity contribution in [2.45, 2.75) is 58.9 Å². The van der Waals surface area contributed by atoms with Crippen molar-refractivity contribution >= 4 is 0 Å². The van der Waals surface area contributed by atoms with Gasteiger partial charge < -0.3 is 5.32 Å². The lowest BCUT2D eigenvalue weighted by Crippen LogP contribution is -2.40. The summed E-state index contributed by atoms with van der Waals surface area (Å²) in [7, 11) is 0. The van der Waals surface area contributed by atoms with E-state index in [2.05, 4.69) is 43.0 Å². The first-order valence-corrected chi connectivity index (χ1v) is 7.06. The quantitative estimate of drug-likeness (QED) is 0.892. The third-order valence-corrected chi connectivity index (χ3v) is 3.54. The summed E-state index contributed by atoms with van der Waals surface area (Å²) >= 11 is 0. The zero-order chi connectivity index (χ0) is 13.2. The van der Waals surface area contributed by atoms with Crippen LogP contribution in [0.1, 0.15) is 51.2 Å². The van der Waals surface area contributed by atoms with Crippen LogP contribution in [0.15, 0.2) is 6.20 Å². The minimum absolute atomic E-state index is 0.211. The molecule has 2 rings (SSSR count). The summed E-state index contributed by atoms with van der Waals surface area (Å²) in [4.78, 5) is 9.07. The number of rotatable bonds is 3. The Balaban J connectivity index is 1.98. The number of nitrogens with zero attached hydrogens (tertiary/aromatic N) is 2. The largest absolute Gasteiger partial charge is 0.312 e. The van der Waals surface area contributed by atoms with Crippen LogP contribution in [-0.4, -0.2) is 22.1 Å². The van der Waals surface area contributed by atoms with Crippen molar-refractivity contribution in [3.63, 3.8) is 0 Å². The van der Waals surface area contributed by atoms with Crippen LogP contribution in [0.25, 0.3) is 0 Å². The highest BCUT2D eigenvalue weighted by molar-refractivity contribution is 5.21. The molecule has 1 atom stereocenters. The fraction of sp³-hybridized carbons (Fsp3) is 0.733. The molecule has 3 nitrogen and oxygen atoms in total. The Kier molecular flexibility index (Phi) is 4.00. The van der Waals surface area contributed by atoms with Crippen LogP contribution in [0.3, 0.4) is 0 Å². The Hall–Kier alpha value is -0.960. The molecule has 0 aromatic carbocycles. The molecule has 0 bridgehead atoms. The van der Waals surface area contributed by atoms with Gasteiger partial charge in [0.25, 0.3) is 0 Å². The van der Waals surface area contributed by atoms with Crippen molar-refractivity contribution in [1.29, 1.82) is 0 Å². The third kappa shape index (κ3) is 3.52. The second kappa shape index (κ2) is 5.35. The van der Waals surface area contributed by atoms with Crippen LogP contribution >= 0.6 is 0 Å². The topological polar surface area (TPSA) is 37.8 Å². The summed E-state index contributed by atoms with van der Waals surface area (Å²) in [6.07, 6.45) is 6.46. The molecule has 1 N–H and O–H groups in total. The summed E-state index contributed by atoms with van der Waals surface area (Å²) in [5.41, 5.74) is 2.86. The van der Waals surface area contributed by atoms with E-state index in [0.717, 1.165) is 37.5 Å². The van der Waals surface area contributed by atoms with E-state index in [1.807, 2.05) is 6.20 Å². The molecular formula is C15H25N3. The summed E-state index contributed by atoms with van der Waals surface area (Å²) in [6, 6.07) is 0. The summed E-state index contributed by atoms with van der Waals surface area (Å²) < 4.78 is 0. The molecule has 0 radical (unpaired) electrons. The molecule has 18 heavy (non-hydrogen) atoms. The van der Waals surface area contributed by atoms with Crippen molar-refractivity contribution in [3.8, 4) is 0 Å². The van der Waals surface area contributed by atoms with Gasteiger partial charge in [0.15, 0.2) is 0 Å². The van der Waals surface area contributed by atoms with E-state index in [9.17, 15) is 0 Å². The van der Waals surface area contributed by atoms with Gasteiger partial charge in [0.2, 0.25) is 0 Å². The van der Waals surface area contributed by atoms with Gasteiger partial charge in [-0.3, -0.25) is 0 Å². The molecular weight excluding hydrogens is 222 g/mol. The smallest absolute Gasteiger partial charge is 0.128 e. The molecule has 0 amide bonds. The van der Waals surface area contributed by atoms with Crippen molar-refractivity contribution in [3.05, 3.63) is 23.3 Å². The fourth-order valence-electron chi connectivity index (χ4n) is 2.42. The van der Waals surface area contributed by atoms with Crippen LogP contribution < -0.4 is 5.32 Å². The summed E-state index contributed by atoms with van der Waals surface area (Å²) in [6.45, 7) is 9.88. The van der Waals surface area contributed by atoms with Crippen LogP contribution in [-0.2, 0) is 19.3 Å². The van der Waals surface area contributed by atoms with Crippen LogP contribution in [0, 0.1) is 5.92 Å². The summed E-state index contributed by atoms with van der Waals surface area (Å²) in [5, 5.41) is 3.60. The Morgan fingerprint density at radius 3 is 2.83 bits per heavy atom. The monoisotopic (exact) mass is 247 g/mol. The van der Waals surface area contributed by atoms with Gasteiger partial charge in [-0.1, -0.05) is 6.92 Å². The Bertz CT molecular complexity index is 407. The average molecular weight is 247 g/mol. The van der Waals surface area contributed by atoms with E-state index in [0.29, 0.717) is 0 Å². The predicted octanol–water partition coefficient (Wildman–Crippen LogP) is 2.53. The lowest BCUT2D eigenvalue weighted by atomic mass is 9.86. The molecule has 100 valence electrons. The Morgan fingerprint density at radius 1 is 1.39 bits per heavy atom. The second-order valence-corrected chi connectivity index (χ2v) is 6.35. The Morgan fingerprint density at radius 2 is 2.17 bits per heavy atom. The first-order valence-electron chi connectivity index (χ1n) is 7.06. The predicted molar refractivity (Wildman–Crippen MR) is 74.7 cm³/mol. The Labute approximate surface area is 110 Å². The zero-order valence-electron chi connectivity index (χ0n) is 12.1. The van der Waals surface area contributed by atoms with Gasteiger partial charge in [-0.15, -0.1) is 0 Å². The SMILES string of the molecule is CCc1ncc2c(n1)CCC(CNC(C)(C)C)C2. The molecule has 1 aliphatic rings. The minimum atomic E-state index is 0.211.